The second kappa shape index (κ2) is 5.43. The zero-order chi connectivity index (χ0) is 10.4. The van der Waals surface area contributed by atoms with Crippen molar-refractivity contribution >= 4 is 23.4 Å². The van der Waals surface area contributed by atoms with Crippen molar-refractivity contribution in [3.8, 4) is 0 Å². The molecule has 76 valence electrons. The Morgan fingerprint density at radius 1 is 1.57 bits per heavy atom. The summed E-state index contributed by atoms with van der Waals surface area (Å²) in [5, 5.41) is 0.521. The highest BCUT2D eigenvalue weighted by Gasteiger charge is 2.04. The molecule has 1 aromatic rings. The number of thioether (sulfide) groups is 1. The summed E-state index contributed by atoms with van der Waals surface area (Å²) in [7, 11) is 0. The van der Waals surface area contributed by atoms with Gasteiger partial charge in [-0.25, -0.2) is 9.97 Å². The Kier molecular flexibility index (Phi) is 4.18. The third-order valence-electron chi connectivity index (χ3n) is 1.27. The molecule has 0 amide bonds. The molecule has 2 N–H and O–H groups in total. The van der Waals surface area contributed by atoms with Crippen LogP contribution in [0.25, 0.3) is 0 Å². The van der Waals surface area contributed by atoms with E-state index in [2.05, 4.69) is 9.97 Å². The predicted octanol–water partition coefficient (Wildman–Crippen LogP) is 0.714. The summed E-state index contributed by atoms with van der Waals surface area (Å²) in [4.78, 5) is 18.8. The number of hydrogen-bond acceptors (Lipinski definition) is 6. The van der Waals surface area contributed by atoms with Crippen molar-refractivity contribution in [2.24, 2.45) is 0 Å². The van der Waals surface area contributed by atoms with Crippen molar-refractivity contribution in [2.45, 2.75) is 12.1 Å². The molecule has 0 atom stereocenters. The van der Waals surface area contributed by atoms with Crippen LogP contribution in [0.15, 0.2) is 17.6 Å². The van der Waals surface area contributed by atoms with E-state index in [0.29, 0.717) is 17.5 Å². The van der Waals surface area contributed by atoms with Crippen LogP contribution in [0.4, 0.5) is 5.69 Å². The summed E-state index contributed by atoms with van der Waals surface area (Å²) < 4.78 is 4.75. The van der Waals surface area contributed by atoms with Crippen LogP contribution in [-0.2, 0) is 9.53 Å². The van der Waals surface area contributed by atoms with Gasteiger partial charge in [-0.05, 0) is 6.92 Å². The van der Waals surface area contributed by atoms with E-state index in [4.69, 9.17) is 10.5 Å². The summed E-state index contributed by atoms with van der Waals surface area (Å²) in [6, 6.07) is 0. The van der Waals surface area contributed by atoms with Gasteiger partial charge in [-0.15, -0.1) is 0 Å². The minimum absolute atomic E-state index is 0.220. The maximum absolute atomic E-state index is 11.0. The first-order chi connectivity index (χ1) is 6.72. The topological polar surface area (TPSA) is 78.1 Å². The Bertz CT molecular complexity index is 302. The lowest BCUT2D eigenvalue weighted by Crippen LogP contribution is -2.07. The molecule has 0 radical (unpaired) electrons. The van der Waals surface area contributed by atoms with Gasteiger partial charge in [-0.1, -0.05) is 11.8 Å². The number of ether oxygens (including phenoxy) is 1. The average Bonchev–Trinajstić information content (AvgIpc) is 2.17. The summed E-state index contributed by atoms with van der Waals surface area (Å²) in [6.45, 7) is 2.16. The first kappa shape index (κ1) is 10.8. The minimum Gasteiger partial charge on any atom is -0.465 e. The highest BCUT2D eigenvalue weighted by molar-refractivity contribution is 7.99. The number of rotatable bonds is 4. The maximum atomic E-state index is 11.0. The molecule has 1 rings (SSSR count). The maximum Gasteiger partial charge on any atom is 0.316 e. The van der Waals surface area contributed by atoms with Crippen molar-refractivity contribution in [1.82, 2.24) is 9.97 Å². The summed E-state index contributed by atoms with van der Waals surface area (Å²) in [5.41, 5.74) is 5.91. The number of hydrogen-bond donors (Lipinski definition) is 1. The number of anilines is 1. The van der Waals surface area contributed by atoms with Gasteiger partial charge in [0, 0.05) is 0 Å². The van der Waals surface area contributed by atoms with Crippen LogP contribution in [0.2, 0.25) is 0 Å². The van der Waals surface area contributed by atoms with Crippen LogP contribution in [0.5, 0.6) is 0 Å². The summed E-state index contributed by atoms with van der Waals surface area (Å²) in [5.74, 6) is -0.0458. The van der Waals surface area contributed by atoms with Crippen LogP contribution >= 0.6 is 11.8 Å². The van der Waals surface area contributed by atoms with Gasteiger partial charge in [0.05, 0.1) is 30.4 Å². The standard InChI is InChI=1S/C8H11N3O2S/c1-2-13-7(12)5-14-8-10-3-6(9)4-11-8/h3-4H,2,5,9H2,1H3. The lowest BCUT2D eigenvalue weighted by atomic mass is 10.6. The van der Waals surface area contributed by atoms with Crippen molar-refractivity contribution in [3.05, 3.63) is 12.4 Å². The number of nitrogens with two attached hydrogens (primary N) is 1. The molecule has 0 aromatic carbocycles. The van der Waals surface area contributed by atoms with E-state index in [1.165, 1.54) is 24.2 Å². The minimum atomic E-state index is -0.266. The molecule has 0 fully saturated rings. The van der Waals surface area contributed by atoms with E-state index in [0.717, 1.165) is 0 Å². The highest BCUT2D eigenvalue weighted by atomic mass is 32.2. The normalized spacial score (nSPS) is 9.79. The number of nitrogen functional groups attached to an aromatic ring is 1. The van der Waals surface area contributed by atoms with Crippen molar-refractivity contribution in [1.29, 1.82) is 0 Å². The molecular weight excluding hydrogens is 202 g/mol. The molecule has 1 heterocycles. The van der Waals surface area contributed by atoms with E-state index in [1.54, 1.807) is 6.92 Å². The lowest BCUT2D eigenvalue weighted by molar-refractivity contribution is -0.139. The number of carbonyl (C=O) groups is 1. The van der Waals surface area contributed by atoms with Crippen molar-refractivity contribution in [2.75, 3.05) is 18.1 Å². The van der Waals surface area contributed by atoms with E-state index in [-0.39, 0.29) is 11.7 Å². The zero-order valence-corrected chi connectivity index (χ0v) is 8.58. The molecule has 5 nitrogen and oxygen atoms in total. The molecule has 0 aliphatic rings. The van der Waals surface area contributed by atoms with Crippen molar-refractivity contribution in [3.63, 3.8) is 0 Å². The van der Waals surface area contributed by atoms with E-state index >= 15 is 0 Å². The van der Waals surface area contributed by atoms with Gasteiger partial charge in [0.2, 0.25) is 0 Å². The number of nitrogens with zero attached hydrogens (tertiary/aromatic N) is 2. The second-order valence-corrected chi connectivity index (χ2v) is 3.34. The third kappa shape index (κ3) is 3.61. The van der Waals surface area contributed by atoms with Crippen molar-refractivity contribution < 1.29 is 9.53 Å². The quantitative estimate of drug-likeness (QED) is 0.451. The fourth-order valence-corrected chi connectivity index (χ4v) is 1.31. The highest BCUT2D eigenvalue weighted by Crippen LogP contribution is 2.12. The molecule has 0 unspecified atom stereocenters. The van der Waals surface area contributed by atoms with Gasteiger partial charge in [0.1, 0.15) is 0 Å². The number of aromatic nitrogens is 2. The molecule has 0 spiro atoms. The molecule has 0 bridgehead atoms. The predicted molar refractivity (Wildman–Crippen MR) is 53.8 cm³/mol. The SMILES string of the molecule is CCOC(=O)CSc1ncc(N)cn1. The Balaban J connectivity index is 2.38. The fraction of sp³-hybridized carbons (Fsp3) is 0.375. The fourth-order valence-electron chi connectivity index (χ4n) is 0.727. The van der Waals surface area contributed by atoms with Crippen LogP contribution in [-0.4, -0.2) is 28.3 Å². The Hall–Kier alpha value is -1.30. The number of carbonyl (C=O) groups excluding carboxylic acids is 1. The van der Waals surface area contributed by atoms with Gasteiger partial charge in [-0.3, -0.25) is 4.79 Å². The second-order valence-electron chi connectivity index (χ2n) is 2.39. The number of esters is 1. The van der Waals surface area contributed by atoms with Crippen LogP contribution < -0.4 is 5.73 Å². The van der Waals surface area contributed by atoms with Gasteiger partial charge < -0.3 is 10.5 Å². The molecular formula is C8H11N3O2S. The largest absolute Gasteiger partial charge is 0.465 e. The molecule has 0 aliphatic carbocycles. The third-order valence-corrected chi connectivity index (χ3v) is 2.12. The Morgan fingerprint density at radius 2 is 2.21 bits per heavy atom. The van der Waals surface area contributed by atoms with E-state index in [1.807, 2.05) is 0 Å². The van der Waals surface area contributed by atoms with Gasteiger partial charge in [0.25, 0.3) is 0 Å². The Morgan fingerprint density at radius 3 is 2.79 bits per heavy atom. The first-order valence-corrected chi connectivity index (χ1v) is 5.07. The van der Waals surface area contributed by atoms with Gasteiger partial charge >= 0.3 is 5.97 Å². The molecule has 0 saturated carbocycles. The first-order valence-electron chi connectivity index (χ1n) is 4.08. The lowest BCUT2D eigenvalue weighted by Gasteiger charge is -2.00. The van der Waals surface area contributed by atoms with Gasteiger partial charge in [0.15, 0.2) is 5.16 Å². The van der Waals surface area contributed by atoms with E-state index in [9.17, 15) is 4.79 Å². The molecule has 0 saturated heterocycles. The molecule has 0 aliphatic heterocycles. The molecule has 14 heavy (non-hydrogen) atoms. The molecule has 6 heteroatoms. The van der Waals surface area contributed by atoms with Crippen LogP contribution in [0.1, 0.15) is 6.92 Å². The average molecular weight is 213 g/mol. The Labute approximate surface area is 86.1 Å². The summed E-state index contributed by atoms with van der Waals surface area (Å²) in [6.07, 6.45) is 3.00. The monoisotopic (exact) mass is 213 g/mol. The summed E-state index contributed by atoms with van der Waals surface area (Å²) >= 11 is 1.22. The smallest absolute Gasteiger partial charge is 0.316 e. The van der Waals surface area contributed by atoms with Gasteiger partial charge in [-0.2, -0.15) is 0 Å². The molecule has 1 aromatic heterocycles. The van der Waals surface area contributed by atoms with E-state index < -0.39 is 0 Å². The zero-order valence-electron chi connectivity index (χ0n) is 7.77. The van der Waals surface area contributed by atoms with Crippen LogP contribution in [0, 0.1) is 0 Å². The van der Waals surface area contributed by atoms with Crippen LogP contribution in [0.3, 0.4) is 0 Å².